The molecule has 6 nitrogen and oxygen atoms in total. The molecule has 3 atom stereocenters. The van der Waals surface area contributed by atoms with E-state index in [9.17, 15) is 9.59 Å². The summed E-state index contributed by atoms with van der Waals surface area (Å²) in [5.41, 5.74) is 0.802. The van der Waals surface area contributed by atoms with Gasteiger partial charge in [-0.3, -0.25) is 9.59 Å². The monoisotopic (exact) mass is 390 g/mol. The van der Waals surface area contributed by atoms with Crippen LogP contribution in [0, 0.1) is 11.8 Å². The van der Waals surface area contributed by atoms with E-state index in [2.05, 4.69) is 24.1 Å². The Morgan fingerprint density at radius 1 is 1.22 bits per heavy atom. The molecule has 1 aromatic carbocycles. The highest BCUT2D eigenvalue weighted by molar-refractivity contribution is 7.22. The Bertz CT molecular complexity index is 819. The second kappa shape index (κ2) is 8.69. The number of nitrogens with one attached hydrogen (secondary N) is 1. The van der Waals surface area contributed by atoms with Crippen molar-refractivity contribution < 1.29 is 19.1 Å². The lowest BCUT2D eigenvalue weighted by Crippen LogP contribution is -2.29. The Balaban J connectivity index is 1.46. The molecule has 1 fully saturated rings. The number of amides is 1. The number of carbonyl (C=O) groups is 2. The maximum Gasteiger partial charge on any atom is 0.306 e. The molecule has 1 aromatic heterocycles. The molecule has 0 spiro atoms. The first kappa shape index (κ1) is 19.6. The molecule has 0 bridgehead atoms. The van der Waals surface area contributed by atoms with Gasteiger partial charge in [-0.25, -0.2) is 4.98 Å². The molecule has 0 unspecified atom stereocenters. The molecule has 27 heavy (non-hydrogen) atoms. The van der Waals surface area contributed by atoms with E-state index < -0.39 is 0 Å². The number of fused-ring (bicyclic) bond motifs is 1. The molecule has 0 saturated heterocycles. The summed E-state index contributed by atoms with van der Waals surface area (Å²) >= 11 is 1.38. The first-order chi connectivity index (χ1) is 12.9. The quantitative estimate of drug-likeness (QED) is 0.740. The largest absolute Gasteiger partial charge is 0.497 e. The topological polar surface area (TPSA) is 77.5 Å². The van der Waals surface area contributed by atoms with Gasteiger partial charge in [0.2, 0.25) is 5.91 Å². The maximum absolute atomic E-state index is 12.1. The number of rotatable bonds is 6. The van der Waals surface area contributed by atoms with Crippen LogP contribution in [0.25, 0.3) is 10.2 Å². The summed E-state index contributed by atoms with van der Waals surface area (Å²) in [4.78, 5) is 28.5. The second-order valence-corrected chi connectivity index (χ2v) is 8.31. The van der Waals surface area contributed by atoms with Crippen LogP contribution in [0.4, 0.5) is 5.13 Å². The van der Waals surface area contributed by atoms with E-state index in [-0.39, 0.29) is 30.8 Å². The van der Waals surface area contributed by atoms with Crippen molar-refractivity contribution in [2.45, 2.75) is 52.1 Å². The lowest BCUT2D eigenvalue weighted by atomic mass is 9.80. The van der Waals surface area contributed by atoms with E-state index in [1.807, 2.05) is 18.2 Å². The number of methoxy groups -OCH3 is 1. The van der Waals surface area contributed by atoms with Crippen LogP contribution in [0.1, 0.15) is 46.0 Å². The maximum atomic E-state index is 12.1. The summed E-state index contributed by atoms with van der Waals surface area (Å²) in [5, 5.41) is 3.28. The van der Waals surface area contributed by atoms with E-state index in [0.29, 0.717) is 17.0 Å². The van der Waals surface area contributed by atoms with Crippen molar-refractivity contribution in [2.75, 3.05) is 12.4 Å². The van der Waals surface area contributed by atoms with Crippen molar-refractivity contribution >= 4 is 38.6 Å². The van der Waals surface area contributed by atoms with Crippen molar-refractivity contribution in [3.05, 3.63) is 18.2 Å². The number of thiazole rings is 1. The minimum Gasteiger partial charge on any atom is -0.497 e. The van der Waals surface area contributed by atoms with Crippen LogP contribution in [0.5, 0.6) is 5.75 Å². The number of carbonyl (C=O) groups excluding carboxylic acids is 2. The molecule has 2 aromatic rings. The molecular weight excluding hydrogens is 364 g/mol. The number of anilines is 1. The highest BCUT2D eigenvalue weighted by atomic mass is 32.1. The van der Waals surface area contributed by atoms with Gasteiger partial charge in [0, 0.05) is 6.42 Å². The van der Waals surface area contributed by atoms with E-state index in [0.717, 1.165) is 35.2 Å². The van der Waals surface area contributed by atoms with E-state index in [4.69, 9.17) is 9.47 Å². The van der Waals surface area contributed by atoms with Crippen LogP contribution in [0.3, 0.4) is 0 Å². The molecular formula is C20H26N2O4S. The average molecular weight is 391 g/mol. The highest BCUT2D eigenvalue weighted by Crippen LogP contribution is 2.31. The number of hydrogen-bond acceptors (Lipinski definition) is 6. The number of nitrogens with zero attached hydrogens (tertiary/aromatic N) is 1. The van der Waals surface area contributed by atoms with E-state index in [1.165, 1.54) is 11.3 Å². The van der Waals surface area contributed by atoms with Gasteiger partial charge in [-0.2, -0.15) is 0 Å². The fourth-order valence-corrected chi connectivity index (χ4v) is 4.24. The van der Waals surface area contributed by atoms with Crippen LogP contribution in [-0.2, 0) is 14.3 Å². The molecule has 1 aliphatic carbocycles. The zero-order valence-electron chi connectivity index (χ0n) is 16.0. The molecule has 1 N–H and O–H groups in total. The summed E-state index contributed by atoms with van der Waals surface area (Å²) in [6.07, 6.45) is 3.09. The lowest BCUT2D eigenvalue weighted by Gasteiger charge is -2.31. The van der Waals surface area contributed by atoms with Crippen LogP contribution in [0.2, 0.25) is 0 Å². The Labute approximate surface area is 163 Å². The fourth-order valence-electron chi connectivity index (χ4n) is 3.33. The minimum absolute atomic E-state index is 0.00833. The highest BCUT2D eigenvalue weighted by Gasteiger charge is 2.27. The summed E-state index contributed by atoms with van der Waals surface area (Å²) in [7, 11) is 1.61. The molecule has 0 aliphatic heterocycles. The Hall–Kier alpha value is -2.15. The zero-order valence-corrected chi connectivity index (χ0v) is 16.8. The fraction of sp³-hybridized carbons (Fsp3) is 0.550. The van der Waals surface area contributed by atoms with Crippen molar-refractivity contribution in [1.82, 2.24) is 4.98 Å². The lowest BCUT2D eigenvalue weighted by molar-refractivity contribution is -0.152. The summed E-state index contributed by atoms with van der Waals surface area (Å²) < 4.78 is 11.7. The predicted molar refractivity (Wildman–Crippen MR) is 106 cm³/mol. The molecule has 3 rings (SSSR count). The second-order valence-electron chi connectivity index (χ2n) is 7.28. The Kier molecular flexibility index (Phi) is 6.31. The van der Waals surface area contributed by atoms with Gasteiger partial charge in [0.1, 0.15) is 11.9 Å². The van der Waals surface area contributed by atoms with Gasteiger partial charge in [0.15, 0.2) is 5.13 Å². The van der Waals surface area contributed by atoms with Gasteiger partial charge >= 0.3 is 5.97 Å². The molecule has 1 heterocycles. The third-order valence-corrected chi connectivity index (χ3v) is 6.18. The normalized spacial score (nSPS) is 22.4. The molecule has 1 amide bonds. The van der Waals surface area contributed by atoms with Gasteiger partial charge in [0.05, 0.1) is 23.7 Å². The average Bonchev–Trinajstić information content (AvgIpc) is 3.04. The SMILES string of the molecule is COc1ccc2nc(NC(=O)CCC(=O)O[C@@H]3CC[C@@H](C)[C@@H](C)C3)sc2c1. The van der Waals surface area contributed by atoms with E-state index >= 15 is 0 Å². The number of ether oxygens (including phenoxy) is 2. The van der Waals surface area contributed by atoms with Crippen LogP contribution >= 0.6 is 11.3 Å². The zero-order chi connectivity index (χ0) is 19.4. The Morgan fingerprint density at radius 3 is 2.78 bits per heavy atom. The summed E-state index contributed by atoms with van der Waals surface area (Å²) in [6, 6.07) is 5.56. The van der Waals surface area contributed by atoms with Crippen molar-refractivity contribution in [1.29, 1.82) is 0 Å². The number of hydrogen-bond donors (Lipinski definition) is 1. The standard InChI is InChI=1S/C20H26N2O4S/c1-12-4-5-15(10-13(12)2)26-19(24)9-8-18(23)22-20-21-16-7-6-14(25-3)11-17(16)27-20/h6-7,11-13,15H,4-5,8-10H2,1-3H3,(H,21,22,23)/t12-,13+,15-/m1/s1. The third-order valence-electron chi connectivity index (χ3n) is 5.25. The Morgan fingerprint density at radius 2 is 2.04 bits per heavy atom. The van der Waals surface area contributed by atoms with E-state index in [1.54, 1.807) is 7.11 Å². The van der Waals surface area contributed by atoms with Gasteiger partial charge in [0.25, 0.3) is 0 Å². The number of aromatic nitrogens is 1. The van der Waals surface area contributed by atoms with Gasteiger partial charge in [-0.1, -0.05) is 25.2 Å². The van der Waals surface area contributed by atoms with Gasteiger partial charge in [-0.15, -0.1) is 0 Å². The summed E-state index contributed by atoms with van der Waals surface area (Å²) in [5.74, 6) is 1.46. The summed E-state index contributed by atoms with van der Waals surface area (Å²) in [6.45, 7) is 4.44. The smallest absolute Gasteiger partial charge is 0.306 e. The predicted octanol–water partition coefficient (Wildman–Crippen LogP) is 4.39. The van der Waals surface area contributed by atoms with Crippen LogP contribution in [-0.4, -0.2) is 30.1 Å². The first-order valence-electron chi connectivity index (χ1n) is 9.38. The number of esters is 1. The van der Waals surface area contributed by atoms with Gasteiger partial charge in [-0.05, 0) is 49.3 Å². The van der Waals surface area contributed by atoms with Crippen molar-refractivity contribution in [3.8, 4) is 5.75 Å². The number of benzene rings is 1. The molecule has 0 radical (unpaired) electrons. The van der Waals surface area contributed by atoms with Crippen LogP contribution in [0.15, 0.2) is 18.2 Å². The van der Waals surface area contributed by atoms with Crippen LogP contribution < -0.4 is 10.1 Å². The molecule has 146 valence electrons. The minimum atomic E-state index is -0.300. The molecule has 7 heteroatoms. The van der Waals surface area contributed by atoms with Crippen molar-refractivity contribution in [2.24, 2.45) is 11.8 Å². The molecule has 1 saturated carbocycles. The first-order valence-corrected chi connectivity index (χ1v) is 10.2. The van der Waals surface area contributed by atoms with Gasteiger partial charge < -0.3 is 14.8 Å². The van der Waals surface area contributed by atoms with Crippen molar-refractivity contribution in [3.63, 3.8) is 0 Å². The molecule has 1 aliphatic rings. The third kappa shape index (κ3) is 5.19.